The van der Waals surface area contributed by atoms with E-state index in [9.17, 15) is 0 Å². The van der Waals surface area contributed by atoms with E-state index >= 15 is 0 Å². The quantitative estimate of drug-likeness (QED) is 0.219. The highest BCUT2D eigenvalue weighted by molar-refractivity contribution is 6.22. The van der Waals surface area contributed by atoms with Gasteiger partial charge in [0.2, 0.25) is 0 Å². The van der Waals surface area contributed by atoms with Gasteiger partial charge in [-0.1, -0.05) is 127 Å². The summed E-state index contributed by atoms with van der Waals surface area (Å²) in [6, 6.07) is 48.8. The summed E-state index contributed by atoms with van der Waals surface area (Å²) in [6.45, 7) is 4.46. The third-order valence-corrected chi connectivity index (χ3v) is 7.92. The molecule has 0 saturated carbocycles. The van der Waals surface area contributed by atoms with Crippen LogP contribution in [-0.2, 0) is 0 Å². The molecule has 7 aromatic carbocycles. The first-order chi connectivity index (χ1) is 18.7. The van der Waals surface area contributed by atoms with Crippen LogP contribution < -0.4 is 0 Å². The van der Waals surface area contributed by atoms with Gasteiger partial charge < -0.3 is 0 Å². The highest BCUT2D eigenvalue weighted by Crippen LogP contribution is 2.45. The normalized spacial score (nSPS) is 11.4. The van der Waals surface area contributed by atoms with Crippen molar-refractivity contribution >= 4 is 32.3 Å². The van der Waals surface area contributed by atoms with Gasteiger partial charge in [0.05, 0.1) is 0 Å². The summed E-state index contributed by atoms with van der Waals surface area (Å²) < 4.78 is 0. The van der Waals surface area contributed by atoms with Gasteiger partial charge in [-0.25, -0.2) is 0 Å². The highest BCUT2D eigenvalue weighted by atomic mass is 14.2. The molecule has 0 nitrogen and oxygen atoms in total. The summed E-state index contributed by atoms with van der Waals surface area (Å²) in [7, 11) is 0. The first-order valence-electron chi connectivity index (χ1n) is 13.3. The van der Waals surface area contributed by atoms with Crippen LogP contribution in [0.4, 0.5) is 0 Å². The van der Waals surface area contributed by atoms with Crippen LogP contribution in [0.15, 0.2) is 133 Å². The van der Waals surface area contributed by atoms with E-state index in [-0.39, 0.29) is 0 Å². The number of rotatable bonds is 3. The minimum Gasteiger partial charge on any atom is -0.0622 e. The second kappa shape index (κ2) is 9.01. The fraction of sp³-hybridized carbons (Fsp3) is 0.0526. The lowest BCUT2D eigenvalue weighted by Crippen LogP contribution is -1.94. The van der Waals surface area contributed by atoms with Gasteiger partial charge in [0.15, 0.2) is 0 Å². The average Bonchev–Trinajstić information content (AvgIpc) is 2.96. The summed E-state index contributed by atoms with van der Waals surface area (Å²) >= 11 is 0. The Morgan fingerprint density at radius 2 is 0.895 bits per heavy atom. The highest BCUT2D eigenvalue weighted by Gasteiger charge is 2.19. The van der Waals surface area contributed by atoms with Crippen LogP contribution in [0.2, 0.25) is 0 Å². The zero-order chi connectivity index (χ0) is 25.6. The van der Waals surface area contributed by atoms with Crippen molar-refractivity contribution in [3.63, 3.8) is 0 Å². The molecule has 0 aromatic heterocycles. The van der Waals surface area contributed by atoms with Crippen molar-refractivity contribution in [2.75, 3.05) is 0 Å². The van der Waals surface area contributed by atoms with Gasteiger partial charge in [-0.15, -0.1) is 0 Å². The maximum Gasteiger partial charge on any atom is -0.00210 e. The van der Waals surface area contributed by atoms with E-state index in [1.807, 2.05) is 0 Å². The van der Waals surface area contributed by atoms with Crippen molar-refractivity contribution in [2.24, 2.45) is 0 Å². The molecule has 7 rings (SSSR count). The van der Waals surface area contributed by atoms with Crippen LogP contribution in [0.3, 0.4) is 0 Å². The molecular formula is C38H28. The molecule has 0 aliphatic heterocycles. The lowest BCUT2D eigenvalue weighted by Gasteiger charge is -2.20. The van der Waals surface area contributed by atoms with E-state index < -0.39 is 0 Å². The smallest absolute Gasteiger partial charge is 0.00210 e. The number of fused-ring (bicyclic) bond motifs is 3. The van der Waals surface area contributed by atoms with Gasteiger partial charge in [0, 0.05) is 0 Å². The van der Waals surface area contributed by atoms with E-state index in [0.717, 1.165) is 0 Å². The van der Waals surface area contributed by atoms with Crippen molar-refractivity contribution in [1.82, 2.24) is 0 Å². The monoisotopic (exact) mass is 484 g/mol. The Morgan fingerprint density at radius 1 is 0.342 bits per heavy atom. The average molecular weight is 485 g/mol. The molecular weight excluding hydrogens is 456 g/mol. The second-order valence-corrected chi connectivity index (χ2v) is 10.2. The molecule has 0 amide bonds. The van der Waals surface area contributed by atoms with Gasteiger partial charge in [-0.2, -0.15) is 0 Å². The molecule has 7 aromatic rings. The lowest BCUT2D eigenvalue weighted by molar-refractivity contribution is 1.39. The molecule has 0 fully saturated rings. The SMILES string of the molecule is Cc1cccc(C)c1-c1c2ccccc2c(-c2ccc3cccc(-c4ccccc4)c3c2)c2ccccc12. The Morgan fingerprint density at radius 3 is 1.53 bits per heavy atom. The van der Waals surface area contributed by atoms with Crippen molar-refractivity contribution < 1.29 is 0 Å². The maximum atomic E-state index is 2.39. The van der Waals surface area contributed by atoms with Crippen LogP contribution >= 0.6 is 0 Å². The summed E-state index contributed by atoms with van der Waals surface area (Å²) in [4.78, 5) is 0. The minimum absolute atomic E-state index is 1.25. The molecule has 0 N–H and O–H groups in total. The topological polar surface area (TPSA) is 0 Å². The second-order valence-electron chi connectivity index (χ2n) is 10.2. The zero-order valence-corrected chi connectivity index (χ0v) is 21.7. The molecule has 0 aliphatic carbocycles. The maximum absolute atomic E-state index is 2.39. The van der Waals surface area contributed by atoms with E-state index in [1.165, 1.54) is 76.8 Å². The van der Waals surface area contributed by atoms with E-state index in [1.54, 1.807) is 0 Å². The number of hydrogen-bond donors (Lipinski definition) is 0. The predicted molar refractivity (Wildman–Crippen MR) is 165 cm³/mol. The zero-order valence-electron chi connectivity index (χ0n) is 21.7. The molecule has 0 spiro atoms. The molecule has 0 bridgehead atoms. The van der Waals surface area contributed by atoms with Crippen molar-refractivity contribution in [2.45, 2.75) is 13.8 Å². The number of aryl methyl sites for hydroxylation is 2. The Balaban J connectivity index is 1.60. The van der Waals surface area contributed by atoms with Crippen LogP contribution in [0.5, 0.6) is 0 Å². The third-order valence-electron chi connectivity index (χ3n) is 7.92. The predicted octanol–water partition coefficient (Wildman–Crippen LogP) is 10.8. The van der Waals surface area contributed by atoms with Gasteiger partial charge in [-0.3, -0.25) is 0 Å². The molecule has 0 heterocycles. The Kier molecular flexibility index (Phi) is 5.34. The molecule has 0 unspecified atom stereocenters. The van der Waals surface area contributed by atoms with Crippen LogP contribution in [0.1, 0.15) is 11.1 Å². The Hall–Kier alpha value is -4.68. The lowest BCUT2D eigenvalue weighted by atomic mass is 9.83. The number of benzene rings is 7. The fourth-order valence-electron chi connectivity index (χ4n) is 6.22. The fourth-order valence-corrected chi connectivity index (χ4v) is 6.22. The van der Waals surface area contributed by atoms with Crippen LogP contribution in [0.25, 0.3) is 65.7 Å². The Labute approximate surface area is 223 Å². The molecule has 180 valence electrons. The van der Waals surface area contributed by atoms with Crippen molar-refractivity contribution in [3.8, 4) is 33.4 Å². The van der Waals surface area contributed by atoms with Crippen molar-refractivity contribution in [1.29, 1.82) is 0 Å². The summed E-state index contributed by atoms with van der Waals surface area (Å²) in [5.74, 6) is 0. The molecule has 0 heteroatoms. The van der Waals surface area contributed by atoms with Gasteiger partial charge in [0.1, 0.15) is 0 Å². The first kappa shape index (κ1) is 22.5. The standard InChI is InChI=1S/C38H28/c1-25-12-10-13-26(2)36(25)38-33-19-8-6-17-31(33)37(32-18-7-9-20-34(32)38)29-23-22-28-16-11-21-30(35(28)24-29)27-14-4-3-5-15-27/h3-24H,1-2H3. The molecule has 0 aliphatic rings. The number of hydrogen-bond acceptors (Lipinski definition) is 0. The summed E-state index contributed by atoms with van der Waals surface area (Å²) in [5, 5.41) is 7.73. The van der Waals surface area contributed by atoms with Crippen LogP contribution in [-0.4, -0.2) is 0 Å². The third kappa shape index (κ3) is 3.53. The van der Waals surface area contributed by atoms with Gasteiger partial charge in [-0.05, 0) is 96.7 Å². The van der Waals surface area contributed by atoms with E-state index in [2.05, 4.69) is 147 Å². The van der Waals surface area contributed by atoms with Gasteiger partial charge >= 0.3 is 0 Å². The summed E-state index contributed by atoms with van der Waals surface area (Å²) in [6.07, 6.45) is 0. The van der Waals surface area contributed by atoms with E-state index in [4.69, 9.17) is 0 Å². The first-order valence-corrected chi connectivity index (χ1v) is 13.3. The Bertz CT molecular complexity index is 1900. The minimum atomic E-state index is 1.25. The summed E-state index contributed by atoms with van der Waals surface area (Å²) in [5.41, 5.74) is 10.4. The van der Waals surface area contributed by atoms with Crippen LogP contribution in [0, 0.1) is 13.8 Å². The van der Waals surface area contributed by atoms with Gasteiger partial charge in [0.25, 0.3) is 0 Å². The van der Waals surface area contributed by atoms with E-state index in [0.29, 0.717) is 0 Å². The molecule has 38 heavy (non-hydrogen) atoms. The molecule has 0 saturated heterocycles. The largest absolute Gasteiger partial charge is 0.0622 e. The molecule has 0 atom stereocenters. The molecule has 0 radical (unpaired) electrons. The van der Waals surface area contributed by atoms with Crippen molar-refractivity contribution in [3.05, 3.63) is 145 Å².